The molecule has 1 atom stereocenters. The van der Waals surface area contributed by atoms with Crippen molar-refractivity contribution < 1.29 is 0 Å². The van der Waals surface area contributed by atoms with Crippen molar-refractivity contribution in [1.29, 1.82) is 0 Å². The molecule has 1 aromatic rings. The van der Waals surface area contributed by atoms with Crippen LogP contribution in [0.2, 0.25) is 0 Å². The zero-order valence-electron chi connectivity index (χ0n) is 9.95. The lowest BCUT2D eigenvalue weighted by Gasteiger charge is -2.23. The van der Waals surface area contributed by atoms with Crippen LogP contribution in [0.15, 0.2) is 12.3 Å². The second-order valence-corrected chi connectivity index (χ2v) is 4.95. The van der Waals surface area contributed by atoms with Gasteiger partial charge in [0.2, 0.25) is 0 Å². The van der Waals surface area contributed by atoms with Crippen LogP contribution in [0.5, 0.6) is 0 Å². The van der Waals surface area contributed by atoms with Crippen molar-refractivity contribution in [2.75, 3.05) is 6.54 Å². The van der Waals surface area contributed by atoms with Gasteiger partial charge in [0.25, 0.3) is 0 Å². The third-order valence-electron chi connectivity index (χ3n) is 3.51. The number of hydrogen-bond acceptors (Lipinski definition) is 2. The molecule has 1 unspecified atom stereocenters. The number of rotatable bonds is 5. The van der Waals surface area contributed by atoms with E-state index in [1.165, 1.54) is 18.5 Å². The fourth-order valence-electron chi connectivity index (χ4n) is 2.14. The Labute approximate surface area is 91.9 Å². The molecule has 0 aliphatic heterocycles. The Morgan fingerprint density at radius 3 is 2.80 bits per heavy atom. The van der Waals surface area contributed by atoms with Gasteiger partial charge in [-0.2, -0.15) is 5.10 Å². The number of likely N-dealkylation sites (N-methyl/N-ethyl adjacent to an activating group) is 1. The summed E-state index contributed by atoms with van der Waals surface area (Å²) in [6.45, 7) is 5.60. The molecule has 1 fully saturated rings. The van der Waals surface area contributed by atoms with Crippen LogP contribution in [-0.2, 0) is 13.5 Å². The summed E-state index contributed by atoms with van der Waals surface area (Å²) in [4.78, 5) is 0. The second kappa shape index (κ2) is 3.97. The number of nitrogens with zero attached hydrogens (tertiary/aromatic N) is 2. The van der Waals surface area contributed by atoms with Crippen molar-refractivity contribution in [2.24, 2.45) is 12.5 Å². The quantitative estimate of drug-likeness (QED) is 0.797. The Morgan fingerprint density at radius 1 is 1.60 bits per heavy atom. The lowest BCUT2D eigenvalue weighted by atomic mass is 9.94. The van der Waals surface area contributed by atoms with Crippen LogP contribution in [0, 0.1) is 5.41 Å². The maximum atomic E-state index is 4.45. The Balaban J connectivity index is 2.00. The molecular formula is C12H21N3. The molecule has 3 heteroatoms. The van der Waals surface area contributed by atoms with E-state index in [0.29, 0.717) is 11.5 Å². The normalized spacial score (nSPS) is 20.2. The van der Waals surface area contributed by atoms with Gasteiger partial charge in [0.1, 0.15) is 0 Å². The maximum Gasteiger partial charge on any atom is 0.0640 e. The van der Waals surface area contributed by atoms with E-state index in [2.05, 4.69) is 30.3 Å². The standard InChI is InChI=1S/C12H21N3/c1-4-13-11(12(2)6-7-12)9-10-5-8-15(3)14-10/h5,8,11,13H,4,6-7,9H2,1-3H3. The van der Waals surface area contributed by atoms with E-state index in [-0.39, 0.29) is 0 Å². The molecule has 1 saturated carbocycles. The van der Waals surface area contributed by atoms with Gasteiger partial charge in [-0.3, -0.25) is 4.68 Å². The van der Waals surface area contributed by atoms with Crippen LogP contribution in [-0.4, -0.2) is 22.4 Å². The van der Waals surface area contributed by atoms with Crippen LogP contribution in [0.4, 0.5) is 0 Å². The van der Waals surface area contributed by atoms with Crippen molar-refractivity contribution in [2.45, 2.75) is 39.2 Å². The summed E-state index contributed by atoms with van der Waals surface area (Å²) in [6.07, 6.45) is 5.80. The summed E-state index contributed by atoms with van der Waals surface area (Å²) in [5, 5.41) is 8.04. The van der Waals surface area contributed by atoms with Gasteiger partial charge < -0.3 is 5.32 Å². The largest absolute Gasteiger partial charge is 0.313 e. The minimum atomic E-state index is 0.521. The molecule has 1 heterocycles. The summed E-state index contributed by atoms with van der Waals surface area (Å²) < 4.78 is 1.88. The molecule has 0 saturated heterocycles. The Hall–Kier alpha value is -0.830. The molecule has 0 amide bonds. The smallest absolute Gasteiger partial charge is 0.0640 e. The predicted molar refractivity (Wildman–Crippen MR) is 61.7 cm³/mol. The van der Waals surface area contributed by atoms with E-state index in [4.69, 9.17) is 0 Å². The third kappa shape index (κ3) is 2.40. The second-order valence-electron chi connectivity index (χ2n) is 4.95. The zero-order valence-corrected chi connectivity index (χ0v) is 9.95. The number of nitrogens with one attached hydrogen (secondary N) is 1. The molecule has 15 heavy (non-hydrogen) atoms. The van der Waals surface area contributed by atoms with E-state index in [9.17, 15) is 0 Å². The predicted octanol–water partition coefficient (Wildman–Crippen LogP) is 1.74. The molecule has 0 bridgehead atoms. The maximum absolute atomic E-state index is 4.45. The van der Waals surface area contributed by atoms with E-state index in [1.54, 1.807) is 0 Å². The van der Waals surface area contributed by atoms with Gasteiger partial charge in [0.15, 0.2) is 0 Å². The molecule has 0 spiro atoms. The van der Waals surface area contributed by atoms with Crippen molar-refractivity contribution >= 4 is 0 Å². The first kappa shape index (κ1) is 10.7. The lowest BCUT2D eigenvalue weighted by molar-refractivity contribution is 0.357. The average Bonchev–Trinajstić information content (AvgIpc) is 2.81. The van der Waals surface area contributed by atoms with E-state index < -0.39 is 0 Å². The molecule has 0 aromatic carbocycles. The SMILES string of the molecule is CCNC(Cc1ccn(C)n1)C1(C)CC1. The number of aryl methyl sites for hydroxylation is 1. The lowest BCUT2D eigenvalue weighted by Crippen LogP contribution is -2.38. The topological polar surface area (TPSA) is 29.9 Å². The van der Waals surface area contributed by atoms with Crippen LogP contribution in [0.1, 0.15) is 32.4 Å². The van der Waals surface area contributed by atoms with Gasteiger partial charge in [-0.05, 0) is 30.9 Å². The summed E-state index contributed by atoms with van der Waals surface area (Å²) in [7, 11) is 1.98. The van der Waals surface area contributed by atoms with Gasteiger partial charge in [0, 0.05) is 25.7 Å². The first-order valence-corrected chi connectivity index (χ1v) is 5.86. The van der Waals surface area contributed by atoms with Crippen LogP contribution in [0.3, 0.4) is 0 Å². The fourth-order valence-corrected chi connectivity index (χ4v) is 2.14. The first-order valence-electron chi connectivity index (χ1n) is 5.86. The summed E-state index contributed by atoms with van der Waals surface area (Å²) in [5.41, 5.74) is 1.73. The van der Waals surface area contributed by atoms with Crippen molar-refractivity contribution in [1.82, 2.24) is 15.1 Å². The monoisotopic (exact) mass is 207 g/mol. The molecule has 1 N–H and O–H groups in total. The van der Waals surface area contributed by atoms with Crippen molar-refractivity contribution in [3.05, 3.63) is 18.0 Å². The molecule has 1 aromatic heterocycles. The average molecular weight is 207 g/mol. The van der Waals surface area contributed by atoms with Crippen molar-refractivity contribution in [3.8, 4) is 0 Å². The molecule has 0 radical (unpaired) electrons. The molecule has 84 valence electrons. The highest BCUT2D eigenvalue weighted by atomic mass is 15.2. The molecule has 1 aliphatic rings. The number of aromatic nitrogens is 2. The minimum Gasteiger partial charge on any atom is -0.313 e. The van der Waals surface area contributed by atoms with Crippen LogP contribution >= 0.6 is 0 Å². The highest BCUT2D eigenvalue weighted by Crippen LogP contribution is 2.48. The van der Waals surface area contributed by atoms with E-state index in [0.717, 1.165) is 13.0 Å². The number of hydrogen-bond donors (Lipinski definition) is 1. The molecule has 2 rings (SSSR count). The van der Waals surface area contributed by atoms with Crippen LogP contribution in [0.25, 0.3) is 0 Å². The van der Waals surface area contributed by atoms with Gasteiger partial charge >= 0.3 is 0 Å². The highest BCUT2D eigenvalue weighted by molar-refractivity contribution is 5.07. The Bertz CT molecular complexity index is 325. The highest BCUT2D eigenvalue weighted by Gasteiger charge is 2.44. The van der Waals surface area contributed by atoms with Gasteiger partial charge in [-0.1, -0.05) is 13.8 Å². The molecule has 1 aliphatic carbocycles. The summed E-state index contributed by atoms with van der Waals surface area (Å²) in [6, 6.07) is 2.72. The van der Waals surface area contributed by atoms with E-state index in [1.807, 2.05) is 17.9 Å². The third-order valence-corrected chi connectivity index (χ3v) is 3.51. The van der Waals surface area contributed by atoms with E-state index >= 15 is 0 Å². The van der Waals surface area contributed by atoms with Gasteiger partial charge in [-0.15, -0.1) is 0 Å². The fraction of sp³-hybridized carbons (Fsp3) is 0.750. The minimum absolute atomic E-state index is 0.521. The first-order chi connectivity index (χ1) is 7.14. The van der Waals surface area contributed by atoms with Crippen LogP contribution < -0.4 is 5.32 Å². The molecular weight excluding hydrogens is 186 g/mol. The summed E-state index contributed by atoms with van der Waals surface area (Å²) in [5.74, 6) is 0. The summed E-state index contributed by atoms with van der Waals surface area (Å²) >= 11 is 0. The Morgan fingerprint density at radius 2 is 2.33 bits per heavy atom. The van der Waals surface area contributed by atoms with Gasteiger partial charge in [-0.25, -0.2) is 0 Å². The van der Waals surface area contributed by atoms with Gasteiger partial charge in [0.05, 0.1) is 5.69 Å². The molecule has 3 nitrogen and oxygen atoms in total. The Kier molecular flexibility index (Phi) is 2.83. The van der Waals surface area contributed by atoms with Crippen molar-refractivity contribution in [3.63, 3.8) is 0 Å². The zero-order chi connectivity index (χ0) is 10.9.